The Bertz CT molecular complexity index is 1380. The molecule has 1 saturated heterocycles. The fraction of sp³-hybridized carbons (Fsp3) is 0.241. The van der Waals surface area contributed by atoms with Gasteiger partial charge in [0.2, 0.25) is 11.8 Å². The van der Waals surface area contributed by atoms with E-state index in [1.807, 2.05) is 43.3 Å². The molecule has 0 atom stereocenters. The molecule has 8 nitrogen and oxygen atoms in total. The first-order chi connectivity index (χ1) is 18.0. The van der Waals surface area contributed by atoms with Crippen LogP contribution in [-0.2, 0) is 11.2 Å². The average molecular weight is 495 g/mol. The summed E-state index contributed by atoms with van der Waals surface area (Å²) in [6.07, 6.45) is 4.11. The van der Waals surface area contributed by atoms with Gasteiger partial charge >= 0.3 is 0 Å². The molecular weight excluding hydrogens is 464 g/mol. The van der Waals surface area contributed by atoms with Gasteiger partial charge in [0.25, 0.3) is 0 Å². The predicted octanol–water partition coefficient (Wildman–Crippen LogP) is 4.60. The topological polar surface area (TPSA) is 92.3 Å². The molecule has 188 valence electrons. The Balaban J connectivity index is 1.33. The summed E-state index contributed by atoms with van der Waals surface area (Å²) in [6, 6.07) is 19.8. The van der Waals surface area contributed by atoms with E-state index < -0.39 is 0 Å². The van der Waals surface area contributed by atoms with Crippen LogP contribution >= 0.6 is 0 Å². The smallest absolute Gasteiger partial charge is 0.228 e. The standard InChI is InChI=1S/C29H30N6O2/c1-20-18-23(33-21(2)36)7-10-27(20)37-29-25(4-3-12-32-29)26-11-13-31-28(34-26)19-22-5-8-24(9-6-22)35-16-14-30-15-17-35/h3-13,18,30H,14-17,19H2,1-2H3,(H,33,36). The van der Waals surface area contributed by atoms with E-state index in [1.165, 1.54) is 12.6 Å². The number of aromatic nitrogens is 3. The van der Waals surface area contributed by atoms with E-state index in [-0.39, 0.29) is 5.91 Å². The molecule has 0 aliphatic carbocycles. The molecule has 0 spiro atoms. The lowest BCUT2D eigenvalue weighted by atomic mass is 10.1. The molecule has 37 heavy (non-hydrogen) atoms. The van der Waals surface area contributed by atoms with Crippen LogP contribution in [-0.4, -0.2) is 47.0 Å². The van der Waals surface area contributed by atoms with Crippen LogP contribution in [0.4, 0.5) is 11.4 Å². The van der Waals surface area contributed by atoms with Gasteiger partial charge < -0.3 is 20.3 Å². The second-order valence-corrected chi connectivity index (χ2v) is 9.06. The van der Waals surface area contributed by atoms with Crippen molar-refractivity contribution < 1.29 is 9.53 Å². The predicted molar refractivity (Wildman–Crippen MR) is 145 cm³/mol. The minimum absolute atomic E-state index is 0.116. The zero-order valence-corrected chi connectivity index (χ0v) is 21.1. The second kappa shape index (κ2) is 11.2. The molecule has 0 bridgehead atoms. The maximum absolute atomic E-state index is 11.4. The zero-order chi connectivity index (χ0) is 25.6. The van der Waals surface area contributed by atoms with Crippen molar-refractivity contribution in [2.75, 3.05) is 36.4 Å². The van der Waals surface area contributed by atoms with Crippen molar-refractivity contribution in [2.45, 2.75) is 20.3 Å². The fourth-order valence-corrected chi connectivity index (χ4v) is 4.38. The number of carbonyl (C=O) groups is 1. The van der Waals surface area contributed by atoms with E-state index in [0.717, 1.165) is 60.1 Å². The normalized spacial score (nSPS) is 13.3. The molecule has 8 heteroatoms. The fourth-order valence-electron chi connectivity index (χ4n) is 4.38. The Hall–Kier alpha value is -4.30. The first-order valence-electron chi connectivity index (χ1n) is 12.4. The summed E-state index contributed by atoms with van der Waals surface area (Å²) >= 11 is 0. The number of pyridine rings is 1. The van der Waals surface area contributed by atoms with Crippen molar-refractivity contribution in [1.29, 1.82) is 0 Å². The van der Waals surface area contributed by atoms with E-state index in [9.17, 15) is 4.79 Å². The van der Waals surface area contributed by atoms with Crippen LogP contribution in [0.3, 0.4) is 0 Å². The van der Waals surface area contributed by atoms with Gasteiger partial charge in [-0.1, -0.05) is 12.1 Å². The van der Waals surface area contributed by atoms with Gasteiger partial charge in [-0.15, -0.1) is 0 Å². The van der Waals surface area contributed by atoms with Gasteiger partial charge in [-0.05, 0) is 66.6 Å². The van der Waals surface area contributed by atoms with Gasteiger partial charge in [0.05, 0.1) is 11.3 Å². The number of piperazine rings is 1. The Kier molecular flexibility index (Phi) is 7.37. The van der Waals surface area contributed by atoms with E-state index in [4.69, 9.17) is 9.72 Å². The quantitative estimate of drug-likeness (QED) is 0.388. The van der Waals surface area contributed by atoms with Gasteiger partial charge in [0.15, 0.2) is 0 Å². The van der Waals surface area contributed by atoms with Gasteiger partial charge in [-0.2, -0.15) is 0 Å². The van der Waals surface area contributed by atoms with Crippen molar-refractivity contribution in [3.05, 3.63) is 90.0 Å². The van der Waals surface area contributed by atoms with Crippen LogP contribution in [0.1, 0.15) is 23.9 Å². The lowest BCUT2D eigenvalue weighted by molar-refractivity contribution is -0.114. The highest BCUT2D eigenvalue weighted by Crippen LogP contribution is 2.32. The second-order valence-electron chi connectivity index (χ2n) is 9.06. The van der Waals surface area contributed by atoms with Crippen molar-refractivity contribution in [1.82, 2.24) is 20.3 Å². The van der Waals surface area contributed by atoms with E-state index >= 15 is 0 Å². The van der Waals surface area contributed by atoms with Crippen LogP contribution in [0.25, 0.3) is 11.3 Å². The van der Waals surface area contributed by atoms with Crippen molar-refractivity contribution in [2.24, 2.45) is 0 Å². The molecule has 4 aromatic rings. The first-order valence-corrected chi connectivity index (χ1v) is 12.4. The highest BCUT2D eigenvalue weighted by atomic mass is 16.5. The third-order valence-corrected chi connectivity index (χ3v) is 6.24. The van der Waals surface area contributed by atoms with Gasteiger partial charge in [-0.25, -0.2) is 15.0 Å². The minimum atomic E-state index is -0.116. The molecule has 2 N–H and O–H groups in total. The van der Waals surface area contributed by atoms with E-state index in [2.05, 4.69) is 49.8 Å². The Morgan fingerprint density at radius 1 is 1.03 bits per heavy atom. The van der Waals surface area contributed by atoms with Crippen LogP contribution in [0.15, 0.2) is 73.1 Å². The lowest BCUT2D eigenvalue weighted by Crippen LogP contribution is -2.43. The van der Waals surface area contributed by atoms with Gasteiger partial charge in [0.1, 0.15) is 11.6 Å². The molecule has 0 saturated carbocycles. The van der Waals surface area contributed by atoms with Gasteiger partial charge in [0, 0.05) is 63.3 Å². The zero-order valence-electron chi connectivity index (χ0n) is 21.1. The van der Waals surface area contributed by atoms with E-state index in [1.54, 1.807) is 12.4 Å². The highest BCUT2D eigenvalue weighted by molar-refractivity contribution is 5.88. The average Bonchev–Trinajstić information content (AvgIpc) is 2.91. The number of amides is 1. The summed E-state index contributed by atoms with van der Waals surface area (Å²) in [5.41, 5.74) is 5.55. The first kappa shape index (κ1) is 24.4. The summed E-state index contributed by atoms with van der Waals surface area (Å²) in [7, 11) is 0. The number of benzene rings is 2. The molecule has 5 rings (SSSR count). The number of aryl methyl sites for hydroxylation is 1. The summed E-state index contributed by atoms with van der Waals surface area (Å²) in [5, 5.41) is 6.18. The number of anilines is 2. The Morgan fingerprint density at radius 2 is 1.84 bits per heavy atom. The molecule has 2 aromatic carbocycles. The molecule has 1 aliphatic rings. The Labute approximate surface area is 216 Å². The van der Waals surface area contributed by atoms with E-state index in [0.29, 0.717) is 18.1 Å². The number of hydrogen-bond donors (Lipinski definition) is 2. The molecule has 2 aromatic heterocycles. The van der Waals surface area contributed by atoms with Crippen LogP contribution in [0.2, 0.25) is 0 Å². The number of hydrogen-bond acceptors (Lipinski definition) is 7. The summed E-state index contributed by atoms with van der Waals surface area (Å²) < 4.78 is 6.19. The third kappa shape index (κ3) is 6.10. The summed E-state index contributed by atoms with van der Waals surface area (Å²) in [5.74, 6) is 1.74. The van der Waals surface area contributed by atoms with Crippen LogP contribution in [0, 0.1) is 6.92 Å². The summed E-state index contributed by atoms with van der Waals surface area (Å²) in [6.45, 7) is 7.50. The molecule has 3 heterocycles. The number of nitrogens with zero attached hydrogens (tertiary/aromatic N) is 4. The number of carbonyl (C=O) groups excluding carboxylic acids is 1. The number of rotatable bonds is 7. The molecule has 0 radical (unpaired) electrons. The van der Waals surface area contributed by atoms with Crippen molar-refractivity contribution >= 4 is 17.3 Å². The third-order valence-electron chi connectivity index (χ3n) is 6.24. The SMILES string of the molecule is CC(=O)Nc1ccc(Oc2ncccc2-c2ccnc(Cc3ccc(N4CCNCC4)cc3)n2)c(C)c1. The maximum Gasteiger partial charge on any atom is 0.228 e. The van der Waals surface area contributed by atoms with Crippen LogP contribution in [0.5, 0.6) is 11.6 Å². The van der Waals surface area contributed by atoms with Crippen molar-refractivity contribution in [3.8, 4) is 22.9 Å². The maximum atomic E-state index is 11.4. The molecule has 0 unspecified atom stereocenters. The number of nitrogens with one attached hydrogen (secondary N) is 2. The highest BCUT2D eigenvalue weighted by Gasteiger charge is 2.14. The summed E-state index contributed by atoms with van der Waals surface area (Å²) in [4.78, 5) is 27.6. The monoisotopic (exact) mass is 494 g/mol. The molecule has 1 amide bonds. The minimum Gasteiger partial charge on any atom is -0.438 e. The largest absolute Gasteiger partial charge is 0.438 e. The number of ether oxygens (including phenoxy) is 1. The molecular formula is C29H30N6O2. The van der Waals surface area contributed by atoms with Crippen LogP contribution < -0.4 is 20.3 Å². The molecule has 1 fully saturated rings. The Morgan fingerprint density at radius 3 is 2.59 bits per heavy atom. The van der Waals surface area contributed by atoms with Gasteiger partial charge in [-0.3, -0.25) is 4.79 Å². The molecule has 1 aliphatic heterocycles. The van der Waals surface area contributed by atoms with Crippen molar-refractivity contribution in [3.63, 3.8) is 0 Å². The lowest BCUT2D eigenvalue weighted by Gasteiger charge is -2.29.